The molecule has 19 heavy (non-hydrogen) atoms. The van der Waals surface area contributed by atoms with Gasteiger partial charge < -0.3 is 10.5 Å². The van der Waals surface area contributed by atoms with Crippen molar-refractivity contribution in [3.8, 4) is 0 Å². The third-order valence-corrected chi connectivity index (χ3v) is 3.88. The molecular formula is C13H23N5O. The van der Waals surface area contributed by atoms with Crippen LogP contribution in [0.1, 0.15) is 25.5 Å². The summed E-state index contributed by atoms with van der Waals surface area (Å²) in [4.78, 5) is 6.51. The monoisotopic (exact) mass is 265 g/mol. The SMILES string of the molecule is CC(C)(C(NN)c1cccnc1N)N1CCOCC1. The lowest BCUT2D eigenvalue weighted by molar-refractivity contribution is -0.0238. The summed E-state index contributed by atoms with van der Waals surface area (Å²) in [6.07, 6.45) is 1.69. The van der Waals surface area contributed by atoms with Crippen molar-refractivity contribution in [1.29, 1.82) is 0 Å². The van der Waals surface area contributed by atoms with Gasteiger partial charge in [0, 0.05) is 30.4 Å². The molecule has 1 atom stereocenters. The molecule has 6 heteroatoms. The smallest absolute Gasteiger partial charge is 0.128 e. The lowest BCUT2D eigenvalue weighted by Gasteiger charge is -2.45. The Morgan fingerprint density at radius 3 is 2.68 bits per heavy atom. The molecule has 0 radical (unpaired) electrons. The third kappa shape index (κ3) is 2.87. The van der Waals surface area contributed by atoms with E-state index in [0.29, 0.717) is 5.82 Å². The van der Waals surface area contributed by atoms with Gasteiger partial charge in [-0.1, -0.05) is 6.07 Å². The van der Waals surface area contributed by atoms with Gasteiger partial charge in [0.05, 0.1) is 19.3 Å². The van der Waals surface area contributed by atoms with Crippen molar-refractivity contribution in [3.63, 3.8) is 0 Å². The van der Waals surface area contributed by atoms with Crippen LogP contribution < -0.4 is 17.0 Å². The van der Waals surface area contributed by atoms with E-state index in [4.69, 9.17) is 16.3 Å². The maximum atomic E-state index is 5.97. The minimum absolute atomic E-state index is 0.0840. The van der Waals surface area contributed by atoms with Gasteiger partial charge in [0.2, 0.25) is 0 Å². The van der Waals surface area contributed by atoms with Crippen LogP contribution in [0.15, 0.2) is 18.3 Å². The minimum Gasteiger partial charge on any atom is -0.383 e. The standard InChI is InChI=1S/C13H23N5O/c1-13(2,18-6-8-19-9-7-18)11(17-15)10-4-3-5-16-12(10)14/h3-5,11,17H,6-9,15H2,1-2H3,(H2,14,16). The number of hydrazine groups is 1. The molecule has 1 saturated heterocycles. The Hall–Kier alpha value is -1.21. The normalized spacial score (nSPS) is 19.3. The molecule has 0 aromatic carbocycles. The van der Waals surface area contributed by atoms with Gasteiger partial charge in [-0.05, 0) is 19.9 Å². The van der Waals surface area contributed by atoms with Crippen molar-refractivity contribution in [2.45, 2.75) is 25.4 Å². The molecule has 6 nitrogen and oxygen atoms in total. The Kier molecular flexibility index (Phi) is 4.36. The van der Waals surface area contributed by atoms with Crippen LogP contribution in [0.2, 0.25) is 0 Å². The number of nitrogen functional groups attached to an aromatic ring is 1. The van der Waals surface area contributed by atoms with Crippen LogP contribution in [0.5, 0.6) is 0 Å². The first kappa shape index (κ1) is 14.2. The molecule has 1 aliphatic rings. The molecule has 106 valence electrons. The van der Waals surface area contributed by atoms with E-state index in [2.05, 4.69) is 29.2 Å². The van der Waals surface area contributed by atoms with Crippen LogP contribution in [0.4, 0.5) is 5.82 Å². The molecule has 2 rings (SSSR count). The highest BCUT2D eigenvalue weighted by Crippen LogP contribution is 2.33. The topological polar surface area (TPSA) is 89.4 Å². The van der Waals surface area contributed by atoms with Gasteiger partial charge in [0.15, 0.2) is 0 Å². The Labute approximate surface area is 114 Å². The van der Waals surface area contributed by atoms with Crippen LogP contribution in [0.3, 0.4) is 0 Å². The average Bonchev–Trinajstić information content (AvgIpc) is 2.42. The molecule has 1 unspecified atom stereocenters. The highest BCUT2D eigenvalue weighted by molar-refractivity contribution is 5.42. The summed E-state index contributed by atoms with van der Waals surface area (Å²) in [5.74, 6) is 6.30. The lowest BCUT2D eigenvalue weighted by Crippen LogP contribution is -2.57. The van der Waals surface area contributed by atoms with Gasteiger partial charge in [-0.2, -0.15) is 0 Å². The van der Waals surface area contributed by atoms with Crippen LogP contribution in [0.25, 0.3) is 0 Å². The first-order valence-electron chi connectivity index (χ1n) is 6.56. The van der Waals surface area contributed by atoms with Crippen LogP contribution in [-0.2, 0) is 4.74 Å². The van der Waals surface area contributed by atoms with Gasteiger partial charge in [0.25, 0.3) is 0 Å². The summed E-state index contributed by atoms with van der Waals surface area (Å²) in [7, 11) is 0. The molecule has 0 saturated carbocycles. The van der Waals surface area contributed by atoms with Gasteiger partial charge in [0.1, 0.15) is 5.82 Å². The van der Waals surface area contributed by atoms with E-state index in [1.807, 2.05) is 12.1 Å². The van der Waals surface area contributed by atoms with Crippen molar-refractivity contribution in [1.82, 2.24) is 15.3 Å². The highest BCUT2D eigenvalue weighted by Gasteiger charge is 2.37. The molecule has 2 heterocycles. The minimum atomic E-state index is -0.171. The summed E-state index contributed by atoms with van der Waals surface area (Å²) < 4.78 is 5.41. The van der Waals surface area contributed by atoms with Crippen molar-refractivity contribution in [3.05, 3.63) is 23.9 Å². The van der Waals surface area contributed by atoms with Gasteiger partial charge in [-0.25, -0.2) is 4.98 Å². The Balaban J connectivity index is 2.27. The number of nitrogens with one attached hydrogen (secondary N) is 1. The second kappa shape index (κ2) is 5.83. The zero-order valence-corrected chi connectivity index (χ0v) is 11.6. The Morgan fingerprint density at radius 1 is 1.42 bits per heavy atom. The zero-order valence-electron chi connectivity index (χ0n) is 11.6. The van der Waals surface area contributed by atoms with E-state index in [1.165, 1.54) is 0 Å². The van der Waals surface area contributed by atoms with E-state index < -0.39 is 0 Å². The van der Waals surface area contributed by atoms with Crippen molar-refractivity contribution in [2.75, 3.05) is 32.0 Å². The van der Waals surface area contributed by atoms with Crippen molar-refractivity contribution >= 4 is 5.82 Å². The van der Waals surface area contributed by atoms with Gasteiger partial charge in [-0.15, -0.1) is 0 Å². The predicted molar refractivity (Wildman–Crippen MR) is 75.2 cm³/mol. The molecule has 1 aromatic rings. The van der Waals surface area contributed by atoms with Crippen molar-refractivity contribution in [2.24, 2.45) is 5.84 Å². The summed E-state index contributed by atoms with van der Waals surface area (Å²) in [6, 6.07) is 3.76. The average molecular weight is 265 g/mol. The second-order valence-corrected chi connectivity index (χ2v) is 5.33. The van der Waals surface area contributed by atoms with Crippen molar-refractivity contribution < 1.29 is 4.74 Å². The number of hydrogen-bond donors (Lipinski definition) is 3. The second-order valence-electron chi connectivity index (χ2n) is 5.33. The lowest BCUT2D eigenvalue weighted by atomic mass is 9.87. The highest BCUT2D eigenvalue weighted by atomic mass is 16.5. The van der Waals surface area contributed by atoms with E-state index in [1.54, 1.807) is 6.20 Å². The molecule has 1 aliphatic heterocycles. The van der Waals surface area contributed by atoms with Crippen LogP contribution in [-0.4, -0.2) is 41.7 Å². The van der Waals surface area contributed by atoms with E-state index in [9.17, 15) is 0 Å². The van der Waals surface area contributed by atoms with E-state index in [-0.39, 0.29) is 11.6 Å². The fourth-order valence-electron chi connectivity index (χ4n) is 2.67. The summed E-state index contributed by atoms with van der Waals surface area (Å²) in [6.45, 7) is 7.62. The number of ether oxygens (including phenoxy) is 1. The molecule has 0 aliphatic carbocycles. The maximum Gasteiger partial charge on any atom is 0.128 e. The van der Waals surface area contributed by atoms with E-state index >= 15 is 0 Å². The van der Waals surface area contributed by atoms with Crippen LogP contribution >= 0.6 is 0 Å². The zero-order chi connectivity index (χ0) is 13.9. The van der Waals surface area contributed by atoms with Gasteiger partial charge >= 0.3 is 0 Å². The number of pyridine rings is 1. The number of morpholine rings is 1. The number of anilines is 1. The molecule has 0 spiro atoms. The number of hydrogen-bond acceptors (Lipinski definition) is 6. The largest absolute Gasteiger partial charge is 0.383 e. The summed E-state index contributed by atoms with van der Waals surface area (Å²) in [5.41, 5.74) is 9.63. The predicted octanol–water partition coefficient (Wildman–Crippen LogP) is 0.279. The Morgan fingerprint density at radius 2 is 2.11 bits per heavy atom. The molecule has 1 fully saturated rings. The fraction of sp³-hybridized carbons (Fsp3) is 0.615. The molecule has 0 amide bonds. The first-order chi connectivity index (χ1) is 9.07. The molecule has 0 bridgehead atoms. The fourth-order valence-corrected chi connectivity index (χ4v) is 2.67. The maximum absolute atomic E-state index is 5.97. The number of rotatable bonds is 4. The number of nitrogens with zero attached hydrogens (tertiary/aromatic N) is 2. The molecule has 1 aromatic heterocycles. The van der Waals surface area contributed by atoms with E-state index in [0.717, 1.165) is 31.9 Å². The quantitative estimate of drug-likeness (QED) is 0.535. The van der Waals surface area contributed by atoms with Gasteiger partial charge in [-0.3, -0.25) is 16.2 Å². The molecule has 5 N–H and O–H groups in total. The number of aromatic nitrogens is 1. The Bertz CT molecular complexity index is 417. The summed E-state index contributed by atoms with van der Waals surface area (Å²) >= 11 is 0. The van der Waals surface area contributed by atoms with Crippen LogP contribution in [0, 0.1) is 0 Å². The molecular weight excluding hydrogens is 242 g/mol. The number of nitrogens with two attached hydrogens (primary N) is 2. The third-order valence-electron chi connectivity index (χ3n) is 3.88. The first-order valence-corrected chi connectivity index (χ1v) is 6.56. The summed E-state index contributed by atoms with van der Waals surface area (Å²) in [5, 5.41) is 0.